The van der Waals surface area contributed by atoms with Gasteiger partial charge in [-0.15, -0.1) is 5.10 Å². The number of nitrogen functional groups attached to an aromatic ring is 1. The second-order valence-corrected chi connectivity index (χ2v) is 3.72. The highest BCUT2D eigenvalue weighted by Gasteiger charge is 2.06. The van der Waals surface area contributed by atoms with Crippen molar-refractivity contribution in [2.75, 3.05) is 5.73 Å². The Morgan fingerprint density at radius 3 is 2.47 bits per heavy atom. The molecule has 19 heavy (non-hydrogen) atoms. The van der Waals surface area contributed by atoms with Crippen LogP contribution in [-0.2, 0) is 6.42 Å². The maximum absolute atomic E-state index is 9.35. The lowest BCUT2D eigenvalue weighted by Crippen LogP contribution is -2.34. The van der Waals surface area contributed by atoms with Gasteiger partial charge < -0.3 is 15.9 Å². The summed E-state index contributed by atoms with van der Waals surface area (Å²) < 4.78 is 5.04. The Bertz CT molecular complexity index is 544. The molecule has 0 atom stereocenters. The van der Waals surface area contributed by atoms with E-state index in [0.29, 0.717) is 17.3 Å². The molecule has 0 radical (unpaired) electrons. The van der Waals surface area contributed by atoms with Crippen LogP contribution in [0, 0.1) is 0 Å². The third kappa shape index (κ3) is 5.23. The number of rotatable bonds is 2. The molecule has 0 aliphatic heterocycles. The van der Waals surface area contributed by atoms with Gasteiger partial charge >= 0.3 is 12.0 Å². The van der Waals surface area contributed by atoms with E-state index in [4.69, 9.17) is 21.8 Å². The molecule has 9 heteroatoms. The Hall–Kier alpha value is -2.32. The number of nitrogens with one attached hydrogen (secondary N) is 1. The van der Waals surface area contributed by atoms with Crippen LogP contribution in [0.3, 0.4) is 0 Å². The van der Waals surface area contributed by atoms with E-state index in [1.54, 1.807) is 5.43 Å². The van der Waals surface area contributed by atoms with E-state index < -0.39 is 6.03 Å². The predicted octanol–water partition coefficient (Wildman–Crippen LogP) is 0.424. The summed E-state index contributed by atoms with van der Waals surface area (Å²) in [6.07, 6.45) is 0.504. The van der Waals surface area contributed by atoms with Gasteiger partial charge in [0.25, 0.3) is 0 Å². The molecule has 2 rings (SSSR count). The van der Waals surface area contributed by atoms with Gasteiger partial charge in [0.15, 0.2) is 0 Å². The summed E-state index contributed by atoms with van der Waals surface area (Å²) in [5.74, 6) is 4.91. The van der Waals surface area contributed by atoms with Crippen molar-refractivity contribution in [3.8, 4) is 0 Å². The van der Waals surface area contributed by atoms with Crippen LogP contribution in [-0.4, -0.2) is 16.2 Å². The van der Waals surface area contributed by atoms with Gasteiger partial charge in [0.05, 0.1) is 6.42 Å². The number of nitrogens with two attached hydrogens (primary N) is 3. The molecular weight excluding hydrogens is 272 g/mol. The first-order valence-electron chi connectivity index (χ1n) is 5.10. The second-order valence-electron chi connectivity index (χ2n) is 3.31. The van der Waals surface area contributed by atoms with Gasteiger partial charge in [-0.05, 0) is 11.6 Å². The van der Waals surface area contributed by atoms with Crippen LogP contribution < -0.4 is 22.7 Å². The lowest BCUT2D eigenvalue weighted by Gasteiger charge is -1.98. The maximum atomic E-state index is 9.35. The van der Waals surface area contributed by atoms with Crippen molar-refractivity contribution in [1.29, 1.82) is 0 Å². The predicted molar refractivity (Wildman–Crippen MR) is 69.9 cm³/mol. The molecule has 1 heterocycles. The summed E-state index contributed by atoms with van der Waals surface area (Å²) in [5, 5.41) is 8.00. The molecule has 0 spiro atoms. The van der Waals surface area contributed by atoms with Gasteiger partial charge in [0.1, 0.15) is 0 Å². The fourth-order valence-electron chi connectivity index (χ4n) is 1.14. The first-order chi connectivity index (χ1) is 9.02. The lowest BCUT2D eigenvalue weighted by molar-refractivity contribution is 0.249. The van der Waals surface area contributed by atoms with Crippen molar-refractivity contribution in [2.24, 2.45) is 11.6 Å². The van der Waals surface area contributed by atoms with Crippen LogP contribution in [0.25, 0.3) is 0 Å². The van der Waals surface area contributed by atoms with Gasteiger partial charge in [0, 0.05) is 5.02 Å². The van der Waals surface area contributed by atoms with Gasteiger partial charge in [-0.25, -0.2) is 10.6 Å². The minimum Gasteiger partial charge on any atom is -0.408 e. The number of carbonyl (C=O) groups is 1. The van der Waals surface area contributed by atoms with E-state index in [1.807, 2.05) is 24.3 Å². The topological polar surface area (TPSA) is 146 Å². The van der Waals surface area contributed by atoms with E-state index in [2.05, 4.69) is 21.8 Å². The van der Waals surface area contributed by atoms with Crippen LogP contribution in [0.4, 0.5) is 10.8 Å². The van der Waals surface area contributed by atoms with Crippen LogP contribution >= 0.6 is 11.6 Å². The van der Waals surface area contributed by atoms with Gasteiger partial charge in [-0.3, -0.25) is 5.43 Å². The molecule has 0 bridgehead atoms. The Morgan fingerprint density at radius 1 is 1.37 bits per heavy atom. The molecule has 2 aromatic rings. The molecule has 2 amide bonds. The Labute approximate surface area is 113 Å². The molecule has 1 aromatic heterocycles. The highest BCUT2D eigenvalue weighted by atomic mass is 35.5. The SMILES string of the molecule is NNC(N)=O.Nc1nnc(Cc2ccccc2Cl)o1. The van der Waals surface area contributed by atoms with Gasteiger partial charge in [-0.2, -0.15) is 0 Å². The zero-order valence-electron chi connectivity index (χ0n) is 9.84. The average molecular weight is 285 g/mol. The molecule has 0 unspecified atom stereocenters. The van der Waals surface area contributed by atoms with E-state index in [1.165, 1.54) is 0 Å². The third-order valence-corrected chi connectivity index (χ3v) is 2.29. The molecule has 0 saturated carbocycles. The molecule has 0 aliphatic carbocycles. The number of nitrogens with zero attached hydrogens (tertiary/aromatic N) is 2. The summed E-state index contributed by atoms with van der Waals surface area (Å²) in [6.45, 7) is 0. The molecule has 102 valence electrons. The summed E-state index contributed by atoms with van der Waals surface area (Å²) in [6, 6.07) is 6.85. The van der Waals surface area contributed by atoms with Crippen molar-refractivity contribution in [3.63, 3.8) is 0 Å². The van der Waals surface area contributed by atoms with Crippen LogP contribution in [0.1, 0.15) is 11.5 Å². The maximum Gasteiger partial charge on any atom is 0.326 e. The minimum absolute atomic E-state index is 0.0760. The zero-order valence-corrected chi connectivity index (χ0v) is 10.6. The molecule has 0 fully saturated rings. The number of hydrazine groups is 1. The van der Waals surface area contributed by atoms with Crippen LogP contribution in [0.15, 0.2) is 28.7 Å². The number of primary amides is 1. The molecular formula is C10H13ClN6O2. The summed E-state index contributed by atoms with van der Waals surface area (Å²) in [5.41, 5.74) is 12.3. The van der Waals surface area contributed by atoms with E-state index >= 15 is 0 Å². The van der Waals surface area contributed by atoms with Gasteiger partial charge in [-0.1, -0.05) is 34.9 Å². The van der Waals surface area contributed by atoms with Crippen molar-refractivity contribution < 1.29 is 9.21 Å². The molecule has 7 N–H and O–H groups in total. The van der Waals surface area contributed by atoms with E-state index in [-0.39, 0.29) is 6.01 Å². The summed E-state index contributed by atoms with van der Waals surface area (Å²) in [7, 11) is 0. The van der Waals surface area contributed by atoms with Crippen molar-refractivity contribution in [3.05, 3.63) is 40.7 Å². The van der Waals surface area contributed by atoms with Crippen molar-refractivity contribution in [1.82, 2.24) is 15.6 Å². The Morgan fingerprint density at radius 2 is 2.00 bits per heavy atom. The fourth-order valence-corrected chi connectivity index (χ4v) is 1.35. The summed E-state index contributed by atoms with van der Waals surface area (Å²) >= 11 is 5.96. The van der Waals surface area contributed by atoms with Crippen molar-refractivity contribution in [2.45, 2.75) is 6.42 Å². The number of urea groups is 1. The Balaban J connectivity index is 0.000000312. The minimum atomic E-state index is -0.718. The number of halogens is 1. The van der Waals surface area contributed by atoms with Crippen LogP contribution in [0.5, 0.6) is 0 Å². The normalized spacial score (nSPS) is 9.37. The van der Waals surface area contributed by atoms with E-state index in [0.717, 1.165) is 5.56 Å². The monoisotopic (exact) mass is 284 g/mol. The average Bonchev–Trinajstić information content (AvgIpc) is 2.78. The molecule has 0 saturated heterocycles. The molecule has 1 aromatic carbocycles. The third-order valence-electron chi connectivity index (χ3n) is 1.92. The second kappa shape index (κ2) is 7.19. The highest BCUT2D eigenvalue weighted by molar-refractivity contribution is 6.31. The quantitative estimate of drug-likeness (QED) is 0.357. The smallest absolute Gasteiger partial charge is 0.326 e. The Kier molecular flexibility index (Phi) is 5.58. The number of aromatic nitrogens is 2. The highest BCUT2D eigenvalue weighted by Crippen LogP contribution is 2.18. The van der Waals surface area contributed by atoms with E-state index in [9.17, 15) is 4.79 Å². The number of benzene rings is 1. The standard InChI is InChI=1S/C9H8ClN3O.CH5N3O/c10-7-4-2-1-3-6(7)5-8-12-13-9(11)14-8;2-1(5)4-3/h1-4H,5H2,(H2,11,13);3H2,(H3,2,4,5). The largest absolute Gasteiger partial charge is 0.408 e. The number of hydrogen-bond donors (Lipinski definition) is 4. The first-order valence-corrected chi connectivity index (χ1v) is 5.48. The lowest BCUT2D eigenvalue weighted by atomic mass is 10.1. The van der Waals surface area contributed by atoms with Gasteiger partial charge in [0.2, 0.25) is 5.89 Å². The first kappa shape index (κ1) is 14.7. The zero-order chi connectivity index (χ0) is 14.3. The number of hydrogen-bond acceptors (Lipinski definition) is 6. The van der Waals surface area contributed by atoms with Crippen LogP contribution in [0.2, 0.25) is 5.02 Å². The van der Waals surface area contributed by atoms with Crippen molar-refractivity contribution >= 4 is 23.6 Å². The molecule has 0 aliphatic rings. The summed E-state index contributed by atoms with van der Waals surface area (Å²) in [4.78, 5) is 9.35. The number of carbonyl (C=O) groups excluding carboxylic acids is 1. The number of anilines is 1. The molecule has 8 nitrogen and oxygen atoms in total. The number of amides is 2. The fraction of sp³-hybridized carbons (Fsp3) is 0.100.